The fourth-order valence-electron chi connectivity index (χ4n) is 3.28. The molecular formula is C24H25ClN2O7. The van der Waals surface area contributed by atoms with E-state index in [0.717, 1.165) is 11.3 Å². The maximum absolute atomic E-state index is 13.3. The van der Waals surface area contributed by atoms with Gasteiger partial charge in [0.15, 0.2) is 11.5 Å². The Labute approximate surface area is 202 Å². The van der Waals surface area contributed by atoms with Crippen LogP contribution >= 0.6 is 11.6 Å². The predicted octanol–water partition coefficient (Wildman–Crippen LogP) is 4.21. The van der Waals surface area contributed by atoms with Crippen LogP contribution in [0, 0.1) is 0 Å². The second-order valence-electron chi connectivity index (χ2n) is 7.10. The molecular weight excluding hydrogens is 464 g/mol. The average Bonchev–Trinajstić information content (AvgIpc) is 2.81. The summed E-state index contributed by atoms with van der Waals surface area (Å²) in [4.78, 5) is 39.3. The van der Waals surface area contributed by atoms with Crippen LogP contribution in [0.25, 0.3) is 6.08 Å². The molecule has 1 aliphatic rings. The lowest BCUT2D eigenvalue weighted by Gasteiger charge is -2.28. The van der Waals surface area contributed by atoms with E-state index >= 15 is 0 Å². The number of methoxy groups -OCH3 is 2. The van der Waals surface area contributed by atoms with Crippen LogP contribution in [0.5, 0.6) is 23.0 Å². The van der Waals surface area contributed by atoms with Gasteiger partial charge in [0.05, 0.1) is 38.1 Å². The van der Waals surface area contributed by atoms with E-state index in [0.29, 0.717) is 30.3 Å². The number of anilines is 1. The molecule has 2 aromatic rings. The van der Waals surface area contributed by atoms with Crippen LogP contribution in [0.4, 0.5) is 10.5 Å². The normalized spacial score (nSPS) is 14.8. The van der Waals surface area contributed by atoms with Gasteiger partial charge in [-0.05, 0) is 37.1 Å². The van der Waals surface area contributed by atoms with Gasteiger partial charge >= 0.3 is 6.03 Å². The number of barbiturate groups is 1. The van der Waals surface area contributed by atoms with E-state index in [4.69, 9.17) is 30.5 Å². The monoisotopic (exact) mass is 488 g/mol. The number of hydrogen-bond acceptors (Lipinski definition) is 7. The first kappa shape index (κ1) is 24.9. The van der Waals surface area contributed by atoms with Crippen molar-refractivity contribution in [3.05, 3.63) is 46.5 Å². The zero-order valence-electron chi connectivity index (χ0n) is 19.3. The van der Waals surface area contributed by atoms with Crippen LogP contribution in [0.2, 0.25) is 5.02 Å². The van der Waals surface area contributed by atoms with Gasteiger partial charge in [-0.25, -0.2) is 9.69 Å². The number of amides is 4. The Kier molecular flexibility index (Phi) is 8.01. The molecule has 1 heterocycles. The number of urea groups is 1. The highest BCUT2D eigenvalue weighted by Crippen LogP contribution is 2.39. The van der Waals surface area contributed by atoms with Gasteiger partial charge in [-0.3, -0.25) is 14.9 Å². The zero-order chi connectivity index (χ0) is 24.8. The number of rotatable bonds is 9. The van der Waals surface area contributed by atoms with Crippen molar-refractivity contribution < 1.29 is 33.3 Å². The molecule has 180 valence electrons. The standard InChI is InChI=1S/C24H25ClN2O7/c1-5-9-34-18-8-7-14(11-21(18)33-6-2)10-15-22(28)26-24(30)27(23(15)29)17-13-19(31-3)16(25)12-20(17)32-4/h7-8,10-13H,5-6,9H2,1-4H3,(H,26,28,30)/b15-10+. The van der Waals surface area contributed by atoms with Crippen LogP contribution < -0.4 is 29.2 Å². The summed E-state index contributed by atoms with van der Waals surface area (Å²) < 4.78 is 21.8. The first-order valence-electron chi connectivity index (χ1n) is 10.6. The molecule has 34 heavy (non-hydrogen) atoms. The second-order valence-corrected chi connectivity index (χ2v) is 7.51. The Hall–Kier alpha value is -3.72. The van der Waals surface area contributed by atoms with Crippen molar-refractivity contribution in [1.82, 2.24) is 5.32 Å². The van der Waals surface area contributed by atoms with Gasteiger partial charge in [0, 0.05) is 12.1 Å². The zero-order valence-corrected chi connectivity index (χ0v) is 20.0. The fraction of sp³-hybridized carbons (Fsp3) is 0.292. The topological polar surface area (TPSA) is 103 Å². The van der Waals surface area contributed by atoms with E-state index in [1.807, 2.05) is 13.8 Å². The summed E-state index contributed by atoms with van der Waals surface area (Å²) in [5, 5.41) is 2.41. The number of carbonyl (C=O) groups is 3. The average molecular weight is 489 g/mol. The Morgan fingerprint density at radius 3 is 2.32 bits per heavy atom. The van der Waals surface area contributed by atoms with Gasteiger partial charge in [-0.2, -0.15) is 0 Å². The summed E-state index contributed by atoms with van der Waals surface area (Å²) in [5.41, 5.74) is 0.337. The van der Waals surface area contributed by atoms with E-state index in [1.165, 1.54) is 32.4 Å². The van der Waals surface area contributed by atoms with Crippen LogP contribution in [0.15, 0.2) is 35.9 Å². The fourth-order valence-corrected chi connectivity index (χ4v) is 3.51. The third-order valence-electron chi connectivity index (χ3n) is 4.84. The van der Waals surface area contributed by atoms with E-state index in [1.54, 1.807) is 18.2 Å². The minimum absolute atomic E-state index is 0.0722. The van der Waals surface area contributed by atoms with Crippen molar-refractivity contribution in [2.75, 3.05) is 32.3 Å². The third-order valence-corrected chi connectivity index (χ3v) is 5.13. The summed E-state index contributed by atoms with van der Waals surface area (Å²) >= 11 is 6.14. The highest BCUT2D eigenvalue weighted by molar-refractivity contribution is 6.39. The van der Waals surface area contributed by atoms with Gasteiger partial charge in [-0.1, -0.05) is 24.6 Å². The number of ether oxygens (including phenoxy) is 4. The summed E-state index contributed by atoms with van der Waals surface area (Å²) in [5.74, 6) is -0.245. The minimum Gasteiger partial charge on any atom is -0.495 e. The molecule has 1 aliphatic heterocycles. The molecule has 9 nitrogen and oxygen atoms in total. The summed E-state index contributed by atoms with van der Waals surface area (Å²) in [6, 6.07) is 6.93. The van der Waals surface area contributed by atoms with Gasteiger partial charge in [0.25, 0.3) is 11.8 Å². The number of nitrogens with zero attached hydrogens (tertiary/aromatic N) is 1. The molecule has 2 aromatic carbocycles. The Balaban J connectivity index is 2.04. The Morgan fingerprint density at radius 2 is 1.68 bits per heavy atom. The molecule has 1 N–H and O–H groups in total. The maximum Gasteiger partial charge on any atom is 0.336 e. The van der Waals surface area contributed by atoms with Crippen LogP contribution in [0.1, 0.15) is 25.8 Å². The number of imide groups is 2. The molecule has 0 aliphatic carbocycles. The molecule has 3 rings (SSSR count). The van der Waals surface area contributed by atoms with Crippen LogP contribution in [0.3, 0.4) is 0 Å². The minimum atomic E-state index is -0.923. The van der Waals surface area contributed by atoms with E-state index in [9.17, 15) is 14.4 Å². The molecule has 0 bridgehead atoms. The molecule has 0 aromatic heterocycles. The molecule has 1 saturated heterocycles. The lowest BCUT2D eigenvalue weighted by molar-refractivity contribution is -0.122. The maximum atomic E-state index is 13.3. The summed E-state index contributed by atoms with van der Waals surface area (Å²) in [6.45, 7) is 4.75. The second kappa shape index (κ2) is 10.9. The van der Waals surface area contributed by atoms with Crippen molar-refractivity contribution in [3.8, 4) is 23.0 Å². The molecule has 4 amide bonds. The van der Waals surface area contributed by atoms with Gasteiger partial charge in [0.1, 0.15) is 17.1 Å². The number of nitrogens with one attached hydrogen (secondary N) is 1. The largest absolute Gasteiger partial charge is 0.495 e. The van der Waals surface area contributed by atoms with Crippen LogP contribution in [-0.4, -0.2) is 45.3 Å². The number of benzene rings is 2. The van der Waals surface area contributed by atoms with Gasteiger partial charge in [-0.15, -0.1) is 0 Å². The predicted molar refractivity (Wildman–Crippen MR) is 127 cm³/mol. The first-order valence-corrected chi connectivity index (χ1v) is 10.9. The Morgan fingerprint density at radius 1 is 0.941 bits per heavy atom. The van der Waals surface area contributed by atoms with Crippen molar-refractivity contribution >= 4 is 41.2 Å². The Bertz CT molecular complexity index is 1150. The summed E-state index contributed by atoms with van der Waals surface area (Å²) in [6.07, 6.45) is 2.21. The van der Waals surface area contributed by atoms with E-state index < -0.39 is 17.8 Å². The van der Waals surface area contributed by atoms with Crippen LogP contribution in [-0.2, 0) is 9.59 Å². The smallest absolute Gasteiger partial charge is 0.336 e. The number of carbonyl (C=O) groups excluding carboxylic acids is 3. The highest BCUT2D eigenvalue weighted by atomic mass is 35.5. The van der Waals surface area contributed by atoms with E-state index in [-0.39, 0.29) is 27.8 Å². The highest BCUT2D eigenvalue weighted by Gasteiger charge is 2.38. The van der Waals surface area contributed by atoms with E-state index in [2.05, 4.69) is 5.32 Å². The number of halogens is 1. The first-order chi connectivity index (χ1) is 16.3. The third kappa shape index (κ3) is 5.09. The lowest BCUT2D eigenvalue weighted by atomic mass is 10.1. The van der Waals surface area contributed by atoms with Gasteiger partial charge < -0.3 is 18.9 Å². The van der Waals surface area contributed by atoms with Crippen molar-refractivity contribution in [2.45, 2.75) is 20.3 Å². The SMILES string of the molecule is CCCOc1ccc(/C=C2\C(=O)NC(=O)N(c3cc(OC)c(Cl)cc3OC)C2=O)cc1OCC. The molecule has 0 saturated carbocycles. The lowest BCUT2D eigenvalue weighted by Crippen LogP contribution is -2.54. The molecule has 1 fully saturated rings. The van der Waals surface area contributed by atoms with Crippen molar-refractivity contribution in [2.24, 2.45) is 0 Å². The molecule has 0 atom stereocenters. The van der Waals surface area contributed by atoms with Crippen molar-refractivity contribution in [1.29, 1.82) is 0 Å². The van der Waals surface area contributed by atoms with Gasteiger partial charge in [0.2, 0.25) is 0 Å². The molecule has 10 heteroatoms. The molecule has 0 radical (unpaired) electrons. The molecule has 0 unspecified atom stereocenters. The number of hydrogen-bond donors (Lipinski definition) is 1. The molecule has 0 spiro atoms. The quantitative estimate of drug-likeness (QED) is 0.416. The summed E-state index contributed by atoms with van der Waals surface area (Å²) in [7, 11) is 2.77. The van der Waals surface area contributed by atoms with Crippen molar-refractivity contribution in [3.63, 3.8) is 0 Å².